The molecule has 1 unspecified atom stereocenters. The lowest BCUT2D eigenvalue weighted by Crippen LogP contribution is -2.32. The van der Waals surface area contributed by atoms with Crippen molar-refractivity contribution >= 4 is 12.0 Å². The molecule has 1 fully saturated rings. The van der Waals surface area contributed by atoms with Gasteiger partial charge in [0, 0.05) is 17.5 Å². The van der Waals surface area contributed by atoms with Crippen molar-refractivity contribution in [3.63, 3.8) is 0 Å². The Bertz CT molecular complexity index is 527. The van der Waals surface area contributed by atoms with Gasteiger partial charge in [0.25, 0.3) is 5.91 Å². The molecule has 2 heterocycles. The van der Waals surface area contributed by atoms with E-state index in [1.54, 1.807) is 6.07 Å². The Morgan fingerprint density at radius 3 is 2.89 bits per heavy atom. The number of benzene rings is 1. The molecule has 0 aliphatic carbocycles. The first-order valence-electron chi connectivity index (χ1n) is 5.62. The lowest BCUT2D eigenvalue weighted by Gasteiger charge is -2.27. The van der Waals surface area contributed by atoms with Crippen LogP contribution >= 0.6 is 0 Å². The van der Waals surface area contributed by atoms with Gasteiger partial charge in [-0.1, -0.05) is 6.07 Å². The summed E-state index contributed by atoms with van der Waals surface area (Å²) in [5.41, 5.74) is 0.772. The number of ether oxygens (including phenoxy) is 2. The highest BCUT2D eigenvalue weighted by Gasteiger charge is 2.41. The number of rotatable bonds is 1. The topological polar surface area (TPSA) is 84.9 Å². The second kappa shape index (κ2) is 3.90. The normalized spacial score (nSPS) is 26.0. The molecule has 1 aromatic rings. The van der Waals surface area contributed by atoms with Gasteiger partial charge in [0.05, 0.1) is 6.61 Å². The molecule has 94 valence electrons. The number of nitrogens with one attached hydrogen (secondary N) is 1. The summed E-state index contributed by atoms with van der Waals surface area (Å²) in [4.78, 5) is 22.7. The first kappa shape index (κ1) is 10.9. The summed E-state index contributed by atoms with van der Waals surface area (Å²) in [7, 11) is 0. The Hall–Kier alpha value is -2.24. The lowest BCUT2D eigenvalue weighted by atomic mass is 9.88. The van der Waals surface area contributed by atoms with Crippen LogP contribution in [0.25, 0.3) is 0 Å². The number of phenolic OH excluding ortho intramolecular Hbond substituents is 1. The van der Waals surface area contributed by atoms with Crippen molar-refractivity contribution in [3.8, 4) is 11.5 Å². The fourth-order valence-corrected chi connectivity index (χ4v) is 2.36. The van der Waals surface area contributed by atoms with E-state index in [0.29, 0.717) is 18.8 Å². The maximum absolute atomic E-state index is 11.6. The van der Waals surface area contributed by atoms with Crippen LogP contribution in [0.2, 0.25) is 0 Å². The minimum absolute atomic E-state index is 0.0993. The fourth-order valence-electron chi connectivity index (χ4n) is 2.36. The van der Waals surface area contributed by atoms with Crippen molar-refractivity contribution < 1.29 is 24.2 Å². The molecule has 2 aliphatic heterocycles. The molecule has 2 amide bonds. The predicted molar refractivity (Wildman–Crippen MR) is 59.4 cm³/mol. The average Bonchev–Trinajstić information content (AvgIpc) is 2.67. The van der Waals surface area contributed by atoms with Crippen molar-refractivity contribution in [1.29, 1.82) is 0 Å². The van der Waals surface area contributed by atoms with Crippen LogP contribution in [0.5, 0.6) is 11.5 Å². The van der Waals surface area contributed by atoms with Gasteiger partial charge in [-0.2, -0.15) is 0 Å². The highest BCUT2D eigenvalue weighted by Crippen LogP contribution is 2.39. The van der Waals surface area contributed by atoms with Crippen LogP contribution in [0, 0.1) is 0 Å². The summed E-state index contributed by atoms with van der Waals surface area (Å²) in [6.45, 7) is 0.419. The zero-order valence-electron chi connectivity index (χ0n) is 9.38. The summed E-state index contributed by atoms with van der Waals surface area (Å²) in [6.07, 6.45) is -0.940. The fraction of sp³-hybridized carbons (Fsp3) is 0.333. The van der Waals surface area contributed by atoms with Gasteiger partial charge in [0.15, 0.2) is 6.10 Å². The summed E-state index contributed by atoms with van der Waals surface area (Å²) in [5, 5.41) is 11.5. The number of hydrogen-bond acceptors (Lipinski definition) is 5. The van der Waals surface area contributed by atoms with Gasteiger partial charge < -0.3 is 14.6 Å². The smallest absolute Gasteiger partial charge is 0.414 e. The molecule has 0 spiro atoms. The highest BCUT2D eigenvalue weighted by molar-refractivity contribution is 6.00. The molecule has 18 heavy (non-hydrogen) atoms. The van der Waals surface area contributed by atoms with E-state index in [4.69, 9.17) is 9.47 Å². The Kier molecular flexibility index (Phi) is 2.36. The molecule has 0 saturated carbocycles. The molecule has 3 rings (SSSR count). The van der Waals surface area contributed by atoms with Crippen LogP contribution in [-0.4, -0.2) is 29.8 Å². The number of amides is 2. The molecular weight excluding hydrogens is 238 g/mol. The van der Waals surface area contributed by atoms with Crippen LogP contribution in [0.15, 0.2) is 18.2 Å². The van der Waals surface area contributed by atoms with E-state index in [1.807, 2.05) is 0 Å². The average molecular weight is 249 g/mol. The maximum atomic E-state index is 11.6. The van der Waals surface area contributed by atoms with Crippen LogP contribution in [0.3, 0.4) is 0 Å². The Balaban J connectivity index is 1.96. The second-order valence-electron chi connectivity index (χ2n) is 4.28. The SMILES string of the molecule is O=C1NC(=O)C([C@@H]2CCOc3cc(O)ccc32)O1. The van der Waals surface area contributed by atoms with Crippen molar-refractivity contribution in [2.75, 3.05) is 6.61 Å². The molecular formula is C12H11NO5. The van der Waals surface area contributed by atoms with E-state index in [1.165, 1.54) is 12.1 Å². The van der Waals surface area contributed by atoms with Gasteiger partial charge in [-0.25, -0.2) is 4.79 Å². The van der Waals surface area contributed by atoms with Crippen LogP contribution in [0.4, 0.5) is 4.79 Å². The molecule has 0 aromatic heterocycles. The third kappa shape index (κ3) is 1.66. The third-order valence-corrected chi connectivity index (χ3v) is 3.17. The summed E-state index contributed by atoms with van der Waals surface area (Å²) < 4.78 is 10.4. The molecule has 1 aromatic carbocycles. The summed E-state index contributed by atoms with van der Waals surface area (Å²) in [6, 6.07) is 4.71. The predicted octanol–water partition coefficient (Wildman–Crippen LogP) is 0.893. The van der Waals surface area contributed by atoms with Crippen molar-refractivity contribution in [2.24, 2.45) is 0 Å². The zero-order valence-corrected chi connectivity index (χ0v) is 9.38. The van der Waals surface area contributed by atoms with Gasteiger partial charge in [-0.15, -0.1) is 0 Å². The number of hydrogen-bond donors (Lipinski definition) is 2. The van der Waals surface area contributed by atoms with E-state index >= 15 is 0 Å². The van der Waals surface area contributed by atoms with Gasteiger partial charge in [0.1, 0.15) is 11.5 Å². The second-order valence-corrected chi connectivity index (χ2v) is 4.28. The summed E-state index contributed by atoms with van der Waals surface area (Å²) in [5.74, 6) is -0.0315. The van der Waals surface area contributed by atoms with Crippen molar-refractivity contribution in [3.05, 3.63) is 23.8 Å². The molecule has 2 atom stereocenters. The van der Waals surface area contributed by atoms with Gasteiger partial charge in [-0.05, 0) is 12.5 Å². The standard InChI is InChI=1S/C12H11NO5/c14-6-1-2-7-8(3-4-17-9(7)5-6)10-11(15)13-12(16)18-10/h1-2,5,8,10,14H,3-4H2,(H,13,15,16)/t8-,10?/m1/s1. The summed E-state index contributed by atoms with van der Waals surface area (Å²) >= 11 is 0. The molecule has 0 bridgehead atoms. The molecule has 2 N–H and O–H groups in total. The van der Waals surface area contributed by atoms with Gasteiger partial charge >= 0.3 is 6.09 Å². The Morgan fingerprint density at radius 2 is 2.17 bits per heavy atom. The first-order valence-corrected chi connectivity index (χ1v) is 5.62. The highest BCUT2D eigenvalue weighted by atomic mass is 16.6. The van der Waals surface area contributed by atoms with Crippen LogP contribution in [0.1, 0.15) is 17.9 Å². The molecule has 6 heteroatoms. The quantitative estimate of drug-likeness (QED) is 0.772. The molecule has 2 aliphatic rings. The molecule has 1 saturated heterocycles. The number of aromatic hydroxyl groups is 1. The largest absolute Gasteiger partial charge is 0.508 e. The number of fused-ring (bicyclic) bond motifs is 1. The third-order valence-electron chi connectivity index (χ3n) is 3.17. The Labute approximate surface area is 103 Å². The minimum Gasteiger partial charge on any atom is -0.508 e. The monoisotopic (exact) mass is 249 g/mol. The van der Waals surface area contributed by atoms with E-state index in [-0.39, 0.29) is 11.7 Å². The number of phenols is 1. The zero-order chi connectivity index (χ0) is 12.7. The number of carbonyl (C=O) groups is 2. The number of alkyl carbamates (subject to hydrolysis) is 1. The van der Waals surface area contributed by atoms with Gasteiger partial charge in [0.2, 0.25) is 0 Å². The molecule has 6 nitrogen and oxygen atoms in total. The maximum Gasteiger partial charge on any atom is 0.414 e. The number of imide groups is 1. The van der Waals surface area contributed by atoms with Gasteiger partial charge in [-0.3, -0.25) is 10.1 Å². The first-order chi connectivity index (χ1) is 8.65. The number of cyclic esters (lactones) is 1. The van der Waals surface area contributed by atoms with Crippen molar-refractivity contribution in [2.45, 2.75) is 18.4 Å². The number of carbonyl (C=O) groups excluding carboxylic acids is 2. The van der Waals surface area contributed by atoms with E-state index in [9.17, 15) is 14.7 Å². The van der Waals surface area contributed by atoms with E-state index < -0.39 is 18.1 Å². The van der Waals surface area contributed by atoms with Crippen LogP contribution < -0.4 is 10.1 Å². The minimum atomic E-state index is -0.815. The van der Waals surface area contributed by atoms with E-state index in [0.717, 1.165) is 5.56 Å². The molecule has 0 radical (unpaired) electrons. The van der Waals surface area contributed by atoms with Crippen LogP contribution in [-0.2, 0) is 9.53 Å². The Morgan fingerprint density at radius 1 is 1.33 bits per heavy atom. The van der Waals surface area contributed by atoms with Crippen molar-refractivity contribution in [1.82, 2.24) is 5.32 Å². The van der Waals surface area contributed by atoms with E-state index in [2.05, 4.69) is 5.32 Å². The lowest BCUT2D eigenvalue weighted by molar-refractivity contribution is -0.124.